The van der Waals surface area contributed by atoms with Crippen LogP contribution in [0.3, 0.4) is 0 Å². The van der Waals surface area contributed by atoms with Gasteiger partial charge in [-0.25, -0.2) is 0 Å². The Labute approximate surface area is 76.3 Å². The largest absolute Gasteiger partial charge is 0.278 e. The zero-order valence-electron chi connectivity index (χ0n) is 9.02. The van der Waals surface area contributed by atoms with Crippen LogP contribution in [-0.2, 0) is 0 Å². The zero-order chi connectivity index (χ0) is 9.83. The maximum atomic E-state index is 4.26. The Hall–Kier alpha value is -0.770. The summed E-state index contributed by atoms with van der Waals surface area (Å²) in [5.74, 6) is 6.04. The third kappa shape index (κ3) is 9.23. The summed E-state index contributed by atoms with van der Waals surface area (Å²) in [5, 5.41) is 0. The minimum absolute atomic E-state index is 0.00738. The molecule has 0 rings (SSSR count). The molecule has 0 aliphatic rings. The van der Waals surface area contributed by atoms with Crippen molar-refractivity contribution < 1.29 is 0 Å². The summed E-state index contributed by atoms with van der Waals surface area (Å²) in [7, 11) is 0. The highest BCUT2D eigenvalue weighted by atomic mass is 14.8. The van der Waals surface area contributed by atoms with Gasteiger partial charge in [0.25, 0.3) is 0 Å². The summed E-state index contributed by atoms with van der Waals surface area (Å²) in [5.41, 5.74) is 0.0659. The fraction of sp³-hybridized carbons (Fsp3) is 0.727. The first-order chi connectivity index (χ1) is 5.21. The maximum Gasteiger partial charge on any atom is 0.0717 e. The van der Waals surface area contributed by atoms with Crippen molar-refractivity contribution >= 4 is 6.21 Å². The van der Waals surface area contributed by atoms with E-state index in [-0.39, 0.29) is 11.0 Å². The van der Waals surface area contributed by atoms with Gasteiger partial charge in [-0.15, -0.1) is 0 Å². The van der Waals surface area contributed by atoms with Crippen molar-refractivity contribution in [3.63, 3.8) is 0 Å². The third-order valence-electron chi connectivity index (χ3n) is 0.964. The molecule has 0 unspecified atom stereocenters. The summed E-state index contributed by atoms with van der Waals surface area (Å²) >= 11 is 0. The standard InChI is InChI=1S/C11H19N/c1-10(2,3)8-7-9-12-11(4,5)6/h9H,1-6H3. The highest BCUT2D eigenvalue weighted by Gasteiger charge is 2.04. The van der Waals surface area contributed by atoms with Gasteiger partial charge in [0, 0.05) is 5.41 Å². The molecule has 0 bridgehead atoms. The smallest absolute Gasteiger partial charge is 0.0717 e. The van der Waals surface area contributed by atoms with Gasteiger partial charge < -0.3 is 0 Å². The Kier molecular flexibility index (Phi) is 3.52. The van der Waals surface area contributed by atoms with Crippen LogP contribution in [0, 0.1) is 17.3 Å². The molecule has 0 atom stereocenters. The van der Waals surface area contributed by atoms with Crippen molar-refractivity contribution in [2.24, 2.45) is 10.4 Å². The normalized spacial score (nSPS) is 12.8. The molecule has 0 aliphatic carbocycles. The van der Waals surface area contributed by atoms with E-state index in [1.165, 1.54) is 0 Å². The number of hydrogen-bond donors (Lipinski definition) is 0. The second-order valence-electron chi connectivity index (χ2n) is 4.95. The molecule has 0 aromatic heterocycles. The molecule has 0 radical (unpaired) electrons. The molecule has 12 heavy (non-hydrogen) atoms. The van der Waals surface area contributed by atoms with Crippen LogP contribution >= 0.6 is 0 Å². The van der Waals surface area contributed by atoms with Crippen molar-refractivity contribution in [2.75, 3.05) is 0 Å². The molecule has 1 nitrogen and oxygen atoms in total. The highest BCUT2D eigenvalue weighted by molar-refractivity contribution is 5.78. The van der Waals surface area contributed by atoms with Gasteiger partial charge in [0.15, 0.2) is 0 Å². The van der Waals surface area contributed by atoms with Crippen molar-refractivity contribution in [1.82, 2.24) is 0 Å². The van der Waals surface area contributed by atoms with E-state index in [1.54, 1.807) is 6.21 Å². The second kappa shape index (κ2) is 3.76. The summed E-state index contributed by atoms with van der Waals surface area (Å²) in [6.07, 6.45) is 1.70. The zero-order valence-corrected chi connectivity index (χ0v) is 9.02. The van der Waals surface area contributed by atoms with Crippen LogP contribution < -0.4 is 0 Å². The lowest BCUT2D eigenvalue weighted by Crippen LogP contribution is -2.09. The van der Waals surface area contributed by atoms with Gasteiger partial charge in [0.2, 0.25) is 0 Å². The lowest BCUT2D eigenvalue weighted by molar-refractivity contribution is 0.570. The van der Waals surface area contributed by atoms with Crippen molar-refractivity contribution in [3.8, 4) is 11.8 Å². The van der Waals surface area contributed by atoms with Crippen LogP contribution in [-0.4, -0.2) is 11.8 Å². The van der Waals surface area contributed by atoms with Gasteiger partial charge in [0.05, 0.1) is 11.8 Å². The number of nitrogens with zero attached hydrogens (tertiary/aromatic N) is 1. The Morgan fingerprint density at radius 1 is 1.00 bits per heavy atom. The molecule has 0 fully saturated rings. The van der Waals surface area contributed by atoms with Gasteiger partial charge in [-0.2, -0.15) is 0 Å². The fourth-order valence-corrected chi connectivity index (χ4v) is 0.475. The molecule has 1 heteroatoms. The molecular formula is C11H19N. The first-order valence-corrected chi connectivity index (χ1v) is 4.27. The van der Waals surface area contributed by atoms with Crippen LogP contribution in [0.2, 0.25) is 0 Å². The lowest BCUT2D eigenvalue weighted by Gasteiger charge is -2.09. The van der Waals surface area contributed by atoms with Crippen molar-refractivity contribution in [2.45, 2.75) is 47.1 Å². The van der Waals surface area contributed by atoms with Gasteiger partial charge in [-0.3, -0.25) is 4.99 Å². The van der Waals surface area contributed by atoms with E-state index in [0.717, 1.165) is 0 Å². The SMILES string of the molecule is CC(C)(C)C#CC=NC(C)(C)C. The van der Waals surface area contributed by atoms with Gasteiger partial charge >= 0.3 is 0 Å². The molecular weight excluding hydrogens is 146 g/mol. The van der Waals surface area contributed by atoms with E-state index in [1.807, 2.05) is 0 Å². The monoisotopic (exact) mass is 165 g/mol. The third-order valence-corrected chi connectivity index (χ3v) is 0.964. The van der Waals surface area contributed by atoms with E-state index >= 15 is 0 Å². The van der Waals surface area contributed by atoms with Crippen LogP contribution in [0.25, 0.3) is 0 Å². The summed E-state index contributed by atoms with van der Waals surface area (Å²) in [4.78, 5) is 4.26. The van der Waals surface area contributed by atoms with E-state index in [9.17, 15) is 0 Å². The molecule has 0 aromatic carbocycles. The van der Waals surface area contributed by atoms with Crippen LogP contribution in [0.15, 0.2) is 4.99 Å². The van der Waals surface area contributed by atoms with Crippen molar-refractivity contribution in [1.29, 1.82) is 0 Å². The Balaban J connectivity index is 4.13. The topological polar surface area (TPSA) is 12.4 Å². The number of aliphatic imine (C=N–C) groups is 1. The van der Waals surface area contributed by atoms with Gasteiger partial charge in [0.1, 0.15) is 0 Å². The molecule has 0 saturated carbocycles. The molecule has 0 saturated heterocycles. The lowest BCUT2D eigenvalue weighted by atomic mass is 9.98. The van der Waals surface area contributed by atoms with Crippen molar-refractivity contribution in [3.05, 3.63) is 0 Å². The van der Waals surface area contributed by atoms with Gasteiger partial charge in [-0.05, 0) is 41.5 Å². The minimum atomic E-state index is -0.00738. The van der Waals surface area contributed by atoms with E-state index < -0.39 is 0 Å². The van der Waals surface area contributed by atoms with Gasteiger partial charge in [-0.1, -0.05) is 11.8 Å². The average Bonchev–Trinajstić information content (AvgIpc) is 1.76. The molecule has 0 N–H and O–H groups in total. The first kappa shape index (κ1) is 11.2. The number of hydrogen-bond acceptors (Lipinski definition) is 1. The first-order valence-electron chi connectivity index (χ1n) is 4.27. The predicted octanol–water partition coefficient (Wildman–Crippen LogP) is 2.91. The van der Waals surface area contributed by atoms with Crippen LogP contribution in [0.1, 0.15) is 41.5 Å². The second-order valence-corrected chi connectivity index (χ2v) is 4.95. The quantitative estimate of drug-likeness (QED) is 0.386. The Bertz CT molecular complexity index is 212. The Morgan fingerprint density at radius 2 is 1.50 bits per heavy atom. The molecule has 0 heterocycles. The van der Waals surface area contributed by atoms with E-state index in [2.05, 4.69) is 58.4 Å². The maximum absolute atomic E-state index is 4.26. The van der Waals surface area contributed by atoms with Crippen LogP contribution in [0.5, 0.6) is 0 Å². The minimum Gasteiger partial charge on any atom is -0.278 e. The summed E-state index contributed by atoms with van der Waals surface area (Å²) < 4.78 is 0. The average molecular weight is 165 g/mol. The fourth-order valence-electron chi connectivity index (χ4n) is 0.475. The predicted molar refractivity (Wildman–Crippen MR) is 55.5 cm³/mol. The highest BCUT2D eigenvalue weighted by Crippen LogP contribution is 2.09. The number of rotatable bonds is 0. The molecule has 0 aliphatic heterocycles. The van der Waals surface area contributed by atoms with Crippen LogP contribution in [0.4, 0.5) is 0 Å². The molecule has 0 aromatic rings. The molecule has 0 amide bonds. The Morgan fingerprint density at radius 3 is 1.83 bits per heavy atom. The molecule has 68 valence electrons. The molecule has 0 spiro atoms. The van der Waals surface area contributed by atoms with E-state index in [0.29, 0.717) is 0 Å². The summed E-state index contributed by atoms with van der Waals surface area (Å²) in [6, 6.07) is 0. The van der Waals surface area contributed by atoms with E-state index in [4.69, 9.17) is 0 Å². The summed E-state index contributed by atoms with van der Waals surface area (Å²) in [6.45, 7) is 12.4.